The average Bonchev–Trinajstić information content (AvgIpc) is 2.72. The lowest BCUT2D eigenvalue weighted by Crippen LogP contribution is -2.21. The molecule has 0 fully saturated rings. The number of nitrogens with zero attached hydrogens (tertiary/aromatic N) is 2. The molecular weight excluding hydrogens is 317 g/mol. The van der Waals surface area contributed by atoms with Crippen molar-refractivity contribution >= 4 is 34.7 Å². The van der Waals surface area contributed by atoms with Gasteiger partial charge in [-0.05, 0) is 18.6 Å². The van der Waals surface area contributed by atoms with E-state index in [0.29, 0.717) is 9.21 Å². The van der Waals surface area contributed by atoms with E-state index in [1.54, 1.807) is 12.1 Å². The molecule has 1 rings (SSSR count). The highest BCUT2D eigenvalue weighted by molar-refractivity contribution is 8.00. The molecular formula is C11H8ClF3N2S2. The van der Waals surface area contributed by atoms with Crippen LogP contribution in [0.15, 0.2) is 12.1 Å². The van der Waals surface area contributed by atoms with Gasteiger partial charge in [-0.2, -0.15) is 23.7 Å². The van der Waals surface area contributed by atoms with Crippen molar-refractivity contribution in [2.24, 2.45) is 5.41 Å². The van der Waals surface area contributed by atoms with E-state index in [0.717, 1.165) is 0 Å². The van der Waals surface area contributed by atoms with Crippen LogP contribution in [-0.2, 0) is 6.42 Å². The molecule has 1 aromatic rings. The number of hydrogen-bond acceptors (Lipinski definition) is 4. The fourth-order valence-electron chi connectivity index (χ4n) is 1.39. The summed E-state index contributed by atoms with van der Waals surface area (Å²) in [6, 6.07) is 6.97. The fraction of sp³-hybridized carbons (Fsp3) is 0.455. The molecule has 0 N–H and O–H groups in total. The predicted octanol–water partition coefficient (Wildman–Crippen LogP) is 4.62. The Labute approximate surface area is 121 Å². The molecule has 0 aliphatic carbocycles. The third-order valence-corrected chi connectivity index (χ3v) is 4.29. The van der Waals surface area contributed by atoms with Gasteiger partial charge in [-0.25, -0.2) is 0 Å². The summed E-state index contributed by atoms with van der Waals surface area (Å²) in [5.41, 5.74) is -5.78. The number of alkyl halides is 3. The van der Waals surface area contributed by atoms with Crippen LogP contribution in [-0.4, -0.2) is 11.3 Å². The Kier molecular flexibility index (Phi) is 5.54. The van der Waals surface area contributed by atoms with E-state index < -0.39 is 10.9 Å². The number of thiophene rings is 1. The summed E-state index contributed by atoms with van der Waals surface area (Å²) < 4.78 is 36.7. The van der Waals surface area contributed by atoms with Gasteiger partial charge in [-0.15, -0.1) is 11.3 Å². The molecule has 1 aromatic heterocycles. The standard InChI is InChI=1S/C11H8ClF3N2S2/c12-9-2-1-8(19-9)5-10(6-16,7-17)3-4-18-11(13,14)15/h1-2H,3-5H2. The molecule has 0 aliphatic heterocycles. The zero-order valence-corrected chi connectivity index (χ0v) is 11.9. The van der Waals surface area contributed by atoms with Crippen molar-refractivity contribution in [2.45, 2.75) is 18.3 Å². The van der Waals surface area contributed by atoms with Crippen LogP contribution in [0.5, 0.6) is 0 Å². The molecule has 2 nitrogen and oxygen atoms in total. The molecule has 1 heterocycles. The maximum Gasteiger partial charge on any atom is 0.441 e. The largest absolute Gasteiger partial charge is 0.441 e. The van der Waals surface area contributed by atoms with Crippen molar-refractivity contribution in [1.29, 1.82) is 10.5 Å². The zero-order valence-electron chi connectivity index (χ0n) is 9.50. The molecule has 0 aliphatic rings. The lowest BCUT2D eigenvalue weighted by atomic mass is 9.84. The second kappa shape index (κ2) is 6.51. The Morgan fingerprint density at radius 3 is 2.32 bits per heavy atom. The molecule has 0 saturated carbocycles. The summed E-state index contributed by atoms with van der Waals surface area (Å²) in [5.74, 6) is -0.316. The molecule has 8 heteroatoms. The third-order valence-electron chi connectivity index (χ3n) is 2.33. The summed E-state index contributed by atoms with van der Waals surface area (Å²) in [7, 11) is 0. The number of thioether (sulfide) groups is 1. The first-order valence-electron chi connectivity index (χ1n) is 5.08. The highest BCUT2D eigenvalue weighted by atomic mass is 35.5. The Morgan fingerprint density at radius 2 is 1.89 bits per heavy atom. The van der Waals surface area contributed by atoms with Gasteiger partial charge < -0.3 is 0 Å². The molecule has 0 atom stereocenters. The monoisotopic (exact) mass is 324 g/mol. The van der Waals surface area contributed by atoms with Crippen LogP contribution in [0.4, 0.5) is 13.2 Å². The molecule has 0 unspecified atom stereocenters. The first kappa shape index (κ1) is 16.2. The van der Waals surface area contributed by atoms with Crippen LogP contribution in [0.2, 0.25) is 4.34 Å². The number of nitriles is 2. The minimum absolute atomic E-state index is 0.0931. The lowest BCUT2D eigenvalue weighted by Gasteiger charge is -2.17. The van der Waals surface area contributed by atoms with Gasteiger partial charge in [0.1, 0.15) is 5.41 Å². The minimum atomic E-state index is -4.34. The molecule has 19 heavy (non-hydrogen) atoms. The smallest absolute Gasteiger partial charge is 0.197 e. The van der Waals surface area contributed by atoms with Gasteiger partial charge in [0.15, 0.2) is 0 Å². The van der Waals surface area contributed by atoms with Gasteiger partial charge in [0, 0.05) is 17.1 Å². The van der Waals surface area contributed by atoms with Crippen molar-refractivity contribution in [1.82, 2.24) is 0 Å². The number of halogens is 4. The van der Waals surface area contributed by atoms with Crippen LogP contribution in [0.3, 0.4) is 0 Å². The maximum atomic E-state index is 12.1. The van der Waals surface area contributed by atoms with Crippen LogP contribution in [0, 0.1) is 28.1 Å². The molecule has 0 amide bonds. The molecule has 102 valence electrons. The summed E-state index contributed by atoms with van der Waals surface area (Å²) in [5, 5.41) is 18.2. The van der Waals surface area contributed by atoms with Crippen LogP contribution in [0.1, 0.15) is 11.3 Å². The summed E-state index contributed by atoms with van der Waals surface area (Å²) in [4.78, 5) is 0.713. The highest BCUT2D eigenvalue weighted by Gasteiger charge is 2.34. The molecule has 0 spiro atoms. The molecule has 0 bridgehead atoms. The predicted molar refractivity (Wildman–Crippen MR) is 69.8 cm³/mol. The summed E-state index contributed by atoms with van der Waals surface area (Å²) >= 11 is 6.74. The van der Waals surface area contributed by atoms with Crippen LogP contribution < -0.4 is 0 Å². The van der Waals surface area contributed by atoms with E-state index in [-0.39, 0.29) is 30.4 Å². The lowest BCUT2D eigenvalue weighted by molar-refractivity contribution is -0.0328. The highest BCUT2D eigenvalue weighted by Crippen LogP contribution is 2.36. The molecule has 0 radical (unpaired) electrons. The Hall–Kier alpha value is -0.890. The van der Waals surface area contributed by atoms with E-state index >= 15 is 0 Å². The third kappa shape index (κ3) is 5.32. The average molecular weight is 325 g/mol. The Morgan fingerprint density at radius 1 is 1.26 bits per heavy atom. The quantitative estimate of drug-likeness (QED) is 0.794. The van der Waals surface area contributed by atoms with E-state index in [4.69, 9.17) is 22.1 Å². The maximum absolute atomic E-state index is 12.1. The Balaban J connectivity index is 2.70. The summed E-state index contributed by atoms with van der Waals surface area (Å²) in [6.07, 6.45) is -0.0461. The topological polar surface area (TPSA) is 47.6 Å². The molecule has 0 saturated heterocycles. The van der Waals surface area contributed by atoms with E-state index in [2.05, 4.69) is 0 Å². The number of rotatable bonds is 5. The zero-order chi connectivity index (χ0) is 14.5. The summed E-state index contributed by atoms with van der Waals surface area (Å²) in [6.45, 7) is 0. The van der Waals surface area contributed by atoms with Crippen molar-refractivity contribution in [3.05, 3.63) is 21.3 Å². The first-order chi connectivity index (χ1) is 8.80. The van der Waals surface area contributed by atoms with E-state index in [1.165, 1.54) is 11.3 Å². The van der Waals surface area contributed by atoms with Crippen molar-refractivity contribution in [2.75, 3.05) is 5.75 Å². The van der Waals surface area contributed by atoms with Crippen LogP contribution >= 0.6 is 34.7 Å². The second-order valence-electron chi connectivity index (χ2n) is 3.73. The fourth-order valence-corrected chi connectivity index (χ4v) is 3.27. The van der Waals surface area contributed by atoms with Gasteiger partial charge in [0.05, 0.1) is 16.5 Å². The van der Waals surface area contributed by atoms with Gasteiger partial charge in [0.25, 0.3) is 0 Å². The second-order valence-corrected chi connectivity index (χ2v) is 6.69. The first-order valence-corrected chi connectivity index (χ1v) is 7.26. The minimum Gasteiger partial charge on any atom is -0.197 e. The van der Waals surface area contributed by atoms with Gasteiger partial charge in [-0.1, -0.05) is 23.4 Å². The number of hydrogen-bond donors (Lipinski definition) is 0. The SMILES string of the molecule is N#CC(C#N)(CCSC(F)(F)F)Cc1ccc(Cl)s1. The molecule has 0 aromatic carbocycles. The Bertz CT molecular complexity index is 499. The van der Waals surface area contributed by atoms with Crippen molar-refractivity contribution in [3.8, 4) is 12.1 Å². The van der Waals surface area contributed by atoms with Crippen molar-refractivity contribution < 1.29 is 13.2 Å². The van der Waals surface area contributed by atoms with E-state index in [1.807, 2.05) is 12.1 Å². The normalized spacial score (nSPS) is 11.9. The van der Waals surface area contributed by atoms with Gasteiger partial charge in [0.2, 0.25) is 0 Å². The van der Waals surface area contributed by atoms with Crippen LogP contribution in [0.25, 0.3) is 0 Å². The van der Waals surface area contributed by atoms with Crippen molar-refractivity contribution in [3.63, 3.8) is 0 Å². The van der Waals surface area contributed by atoms with E-state index in [9.17, 15) is 13.2 Å². The van der Waals surface area contributed by atoms with Gasteiger partial charge in [-0.3, -0.25) is 0 Å². The van der Waals surface area contributed by atoms with Gasteiger partial charge >= 0.3 is 5.51 Å².